The van der Waals surface area contributed by atoms with Crippen LogP contribution in [0.3, 0.4) is 0 Å². The predicted octanol–water partition coefficient (Wildman–Crippen LogP) is 8.89. The first-order valence-corrected chi connectivity index (χ1v) is 17.1. The number of amides is 3. The smallest absolute Gasteiger partial charge is 0.272 e. The van der Waals surface area contributed by atoms with E-state index < -0.39 is 17.1 Å². The number of anilines is 2. The molecular formula is C37H29BrN4O3S2. The Balaban J connectivity index is 1.27. The number of nitriles is 1. The highest BCUT2D eigenvalue weighted by Gasteiger charge is 2.20. The zero-order valence-electron chi connectivity index (χ0n) is 25.4. The van der Waals surface area contributed by atoms with Crippen molar-refractivity contribution in [2.24, 2.45) is 0 Å². The van der Waals surface area contributed by atoms with Gasteiger partial charge in [-0.3, -0.25) is 14.4 Å². The third kappa shape index (κ3) is 8.86. The van der Waals surface area contributed by atoms with E-state index in [0.717, 1.165) is 31.6 Å². The molecule has 3 N–H and O–H groups in total. The van der Waals surface area contributed by atoms with E-state index in [1.54, 1.807) is 55.5 Å². The number of thioether (sulfide) groups is 1. The summed E-state index contributed by atoms with van der Waals surface area (Å²) in [6.45, 7) is 3.78. The lowest BCUT2D eigenvalue weighted by Crippen LogP contribution is -2.30. The van der Waals surface area contributed by atoms with Crippen LogP contribution < -0.4 is 16.0 Å². The van der Waals surface area contributed by atoms with Crippen LogP contribution in [-0.2, 0) is 9.59 Å². The number of benzene rings is 4. The van der Waals surface area contributed by atoms with Crippen molar-refractivity contribution in [2.45, 2.75) is 24.0 Å². The van der Waals surface area contributed by atoms with Crippen LogP contribution >= 0.6 is 39.0 Å². The maximum atomic E-state index is 13.5. The van der Waals surface area contributed by atoms with Gasteiger partial charge in [0.25, 0.3) is 11.8 Å². The van der Waals surface area contributed by atoms with Crippen molar-refractivity contribution >= 4 is 73.5 Å². The molecule has 7 nitrogen and oxygen atoms in total. The van der Waals surface area contributed by atoms with Crippen molar-refractivity contribution in [1.82, 2.24) is 5.32 Å². The summed E-state index contributed by atoms with van der Waals surface area (Å²) in [5, 5.41) is 20.3. The number of carbonyl (C=O) groups excluding carboxylic acids is 3. The zero-order chi connectivity index (χ0) is 33.3. The molecule has 0 saturated heterocycles. The number of halogens is 1. The molecule has 0 radical (unpaired) electrons. The number of aryl methyl sites for hydroxylation is 1. The Labute approximate surface area is 289 Å². The molecule has 0 aliphatic carbocycles. The number of carbonyl (C=O) groups is 3. The predicted molar refractivity (Wildman–Crippen MR) is 194 cm³/mol. The van der Waals surface area contributed by atoms with Crippen LogP contribution in [0, 0.1) is 18.3 Å². The third-order valence-corrected chi connectivity index (χ3v) is 9.50. The van der Waals surface area contributed by atoms with Gasteiger partial charge in [-0.15, -0.1) is 23.1 Å². The second-order valence-electron chi connectivity index (χ2n) is 10.5. The van der Waals surface area contributed by atoms with E-state index >= 15 is 0 Å². The average Bonchev–Trinajstić information content (AvgIpc) is 3.48. The number of nitrogens with zero attached hydrogens (tertiary/aromatic N) is 1. The molecule has 0 aliphatic heterocycles. The van der Waals surface area contributed by atoms with Crippen molar-refractivity contribution < 1.29 is 14.4 Å². The number of nitrogens with one attached hydrogen (secondary N) is 3. The van der Waals surface area contributed by atoms with Gasteiger partial charge < -0.3 is 16.0 Å². The maximum absolute atomic E-state index is 13.5. The van der Waals surface area contributed by atoms with Gasteiger partial charge >= 0.3 is 0 Å². The molecule has 0 aliphatic rings. The highest BCUT2D eigenvalue weighted by Crippen LogP contribution is 2.36. The molecular weight excluding hydrogens is 692 g/mol. The lowest BCUT2D eigenvalue weighted by Gasteiger charge is -2.14. The molecule has 5 rings (SSSR count). The van der Waals surface area contributed by atoms with E-state index in [9.17, 15) is 19.6 Å². The van der Waals surface area contributed by atoms with Crippen molar-refractivity contribution in [3.8, 4) is 17.2 Å². The van der Waals surface area contributed by atoms with Crippen LogP contribution in [0.15, 0.2) is 124 Å². The van der Waals surface area contributed by atoms with E-state index in [1.807, 2.05) is 73.0 Å². The summed E-state index contributed by atoms with van der Waals surface area (Å²) in [5.41, 5.74) is 4.97. The summed E-state index contributed by atoms with van der Waals surface area (Å²) in [4.78, 5) is 40.4. The standard InChI is InChI=1S/C37H29BrN4O3S2/c1-23-11-15-26(16-12-23)32-22-46-37(31(32)21-39)42-34(43)24(2)47-30-10-6-9-29(20-30)40-36(45)33(19-25-13-17-28(38)18-14-25)41-35(44)27-7-4-3-5-8-27/h3-20,22,24H,1-2H3,(H,40,45)(H,41,44)(H,42,43)/b33-19+. The van der Waals surface area contributed by atoms with Gasteiger partial charge in [0.2, 0.25) is 5.91 Å². The van der Waals surface area contributed by atoms with Crippen molar-refractivity contribution in [1.29, 1.82) is 5.26 Å². The maximum Gasteiger partial charge on any atom is 0.272 e. The molecule has 1 aromatic heterocycles. The lowest BCUT2D eigenvalue weighted by atomic mass is 10.0. The Hall–Kier alpha value is -4.95. The van der Waals surface area contributed by atoms with E-state index in [4.69, 9.17) is 0 Å². The minimum atomic E-state index is -0.504. The Kier molecular flexibility index (Phi) is 11.1. The fraction of sp³-hybridized carbons (Fsp3) is 0.0811. The minimum Gasteiger partial charge on any atom is -0.321 e. The molecule has 4 aromatic carbocycles. The van der Waals surface area contributed by atoms with Crippen LogP contribution in [0.4, 0.5) is 10.7 Å². The number of hydrogen-bond acceptors (Lipinski definition) is 6. The largest absolute Gasteiger partial charge is 0.321 e. The van der Waals surface area contributed by atoms with E-state index in [0.29, 0.717) is 21.8 Å². The number of thiophene rings is 1. The summed E-state index contributed by atoms with van der Waals surface area (Å²) in [6.07, 6.45) is 1.61. The van der Waals surface area contributed by atoms with Crippen LogP contribution in [0.1, 0.15) is 34.0 Å². The molecule has 10 heteroatoms. The van der Waals surface area contributed by atoms with Gasteiger partial charge in [0.15, 0.2) is 0 Å². The number of hydrogen-bond donors (Lipinski definition) is 3. The molecule has 3 amide bonds. The summed E-state index contributed by atoms with van der Waals surface area (Å²) in [5.74, 6) is -1.16. The summed E-state index contributed by atoms with van der Waals surface area (Å²) in [6, 6.07) is 33.3. The second kappa shape index (κ2) is 15.6. The van der Waals surface area contributed by atoms with Gasteiger partial charge in [0.05, 0.1) is 10.8 Å². The highest BCUT2D eigenvalue weighted by atomic mass is 79.9. The molecule has 0 spiro atoms. The van der Waals surface area contributed by atoms with Crippen LogP contribution in [0.5, 0.6) is 0 Å². The lowest BCUT2D eigenvalue weighted by molar-refractivity contribution is -0.115. The molecule has 0 saturated carbocycles. The monoisotopic (exact) mass is 720 g/mol. The first kappa shape index (κ1) is 33.4. The Morgan fingerprint density at radius 3 is 2.34 bits per heavy atom. The quantitative estimate of drug-likeness (QED) is 0.0986. The van der Waals surface area contributed by atoms with E-state index in [-0.39, 0.29) is 11.6 Å². The molecule has 47 heavy (non-hydrogen) atoms. The summed E-state index contributed by atoms with van der Waals surface area (Å²) in [7, 11) is 0. The van der Waals surface area contributed by atoms with Gasteiger partial charge in [-0.25, -0.2) is 0 Å². The first-order valence-electron chi connectivity index (χ1n) is 14.5. The first-order chi connectivity index (χ1) is 22.7. The van der Waals surface area contributed by atoms with Gasteiger partial charge in [-0.2, -0.15) is 5.26 Å². The van der Waals surface area contributed by atoms with Crippen molar-refractivity contribution in [3.05, 3.63) is 141 Å². The van der Waals surface area contributed by atoms with Gasteiger partial charge in [-0.05, 0) is 73.5 Å². The normalized spacial score (nSPS) is 11.7. The second-order valence-corrected chi connectivity index (χ2v) is 13.7. The molecule has 1 unspecified atom stereocenters. The molecule has 1 atom stereocenters. The summed E-state index contributed by atoms with van der Waals surface area (Å²) >= 11 is 6.05. The van der Waals surface area contributed by atoms with Gasteiger partial charge in [0.1, 0.15) is 16.8 Å². The molecule has 234 valence electrons. The van der Waals surface area contributed by atoms with Crippen LogP contribution in [0.2, 0.25) is 0 Å². The van der Waals surface area contributed by atoms with Crippen LogP contribution in [-0.4, -0.2) is 23.0 Å². The van der Waals surface area contributed by atoms with Gasteiger partial charge in [0, 0.05) is 31.6 Å². The van der Waals surface area contributed by atoms with Gasteiger partial charge in [-0.1, -0.05) is 82.2 Å². The van der Waals surface area contributed by atoms with E-state index in [1.165, 1.54) is 23.1 Å². The topological polar surface area (TPSA) is 111 Å². The Morgan fingerprint density at radius 2 is 1.64 bits per heavy atom. The van der Waals surface area contributed by atoms with Crippen LogP contribution in [0.25, 0.3) is 17.2 Å². The molecule has 0 fully saturated rings. The van der Waals surface area contributed by atoms with Crippen molar-refractivity contribution in [2.75, 3.05) is 10.6 Å². The Morgan fingerprint density at radius 1 is 0.915 bits per heavy atom. The number of rotatable bonds is 10. The molecule has 0 bridgehead atoms. The highest BCUT2D eigenvalue weighted by molar-refractivity contribution is 9.10. The molecule has 5 aromatic rings. The average molecular weight is 722 g/mol. The third-order valence-electron chi connectivity index (χ3n) is 6.99. The zero-order valence-corrected chi connectivity index (χ0v) is 28.6. The minimum absolute atomic E-state index is 0.0706. The van der Waals surface area contributed by atoms with E-state index in [2.05, 4.69) is 37.9 Å². The van der Waals surface area contributed by atoms with Crippen molar-refractivity contribution in [3.63, 3.8) is 0 Å². The fourth-order valence-electron chi connectivity index (χ4n) is 4.49. The fourth-order valence-corrected chi connectivity index (χ4v) is 6.60. The SMILES string of the molecule is Cc1ccc(-c2csc(NC(=O)C(C)Sc3cccc(NC(=O)/C(=C\c4ccc(Br)cc4)NC(=O)c4ccccc4)c3)c2C#N)cc1. The Bertz CT molecular complexity index is 1980. The summed E-state index contributed by atoms with van der Waals surface area (Å²) < 4.78 is 0.888. The molecule has 1 heterocycles.